The maximum Gasteiger partial charge on any atom is 0.469 e. The van der Waals surface area contributed by atoms with Crippen LogP contribution >= 0.6 is 7.82 Å². The zero-order valence-electron chi connectivity index (χ0n) is 13.3. The van der Waals surface area contributed by atoms with Gasteiger partial charge in [-0.15, -0.1) is 0 Å². The van der Waals surface area contributed by atoms with Crippen LogP contribution in [0.25, 0.3) is 0 Å². The van der Waals surface area contributed by atoms with Gasteiger partial charge in [-0.2, -0.15) is 4.98 Å². The summed E-state index contributed by atoms with van der Waals surface area (Å²) in [6.45, 7) is -0.652. The van der Waals surface area contributed by atoms with Crippen molar-refractivity contribution >= 4 is 13.6 Å². The number of hydrogen-bond acceptors (Lipinski definition) is 9. The molecule has 1 aromatic heterocycles. The fourth-order valence-corrected chi connectivity index (χ4v) is 3.00. The van der Waals surface area contributed by atoms with Crippen molar-refractivity contribution in [3.05, 3.63) is 22.7 Å². The summed E-state index contributed by atoms with van der Waals surface area (Å²) in [6.07, 6.45) is -3.31. The molecule has 1 fully saturated rings. The second-order valence-corrected chi connectivity index (χ2v) is 6.71. The molecule has 0 radical (unpaired) electrons. The van der Waals surface area contributed by atoms with E-state index in [-0.39, 0.29) is 18.8 Å². The number of rotatable bonds is 7. The smallest absolute Gasteiger partial charge is 0.387 e. The molecular weight excluding hydrogens is 361 g/mol. The summed E-state index contributed by atoms with van der Waals surface area (Å²) in [5, 5.41) is 20.7. The molecule has 1 aliphatic heterocycles. The number of nitrogens with zero attached hydrogens (tertiary/aromatic N) is 2. The van der Waals surface area contributed by atoms with Crippen molar-refractivity contribution in [2.75, 3.05) is 26.1 Å². The number of methoxy groups -OCH3 is 1. The van der Waals surface area contributed by atoms with Crippen molar-refractivity contribution in [1.29, 1.82) is 0 Å². The lowest BCUT2D eigenvalue weighted by Gasteiger charge is -2.33. The van der Waals surface area contributed by atoms with E-state index in [1.54, 1.807) is 0 Å². The number of aromatic nitrogens is 2. The number of ether oxygens (including phenoxy) is 2. The summed E-state index contributed by atoms with van der Waals surface area (Å²) in [4.78, 5) is 33.3. The largest absolute Gasteiger partial charge is 0.469 e. The highest BCUT2D eigenvalue weighted by atomic mass is 31.2. The van der Waals surface area contributed by atoms with E-state index in [0.717, 1.165) is 4.57 Å². The molecule has 13 heteroatoms. The third-order valence-electron chi connectivity index (χ3n) is 3.83. The minimum Gasteiger partial charge on any atom is -0.387 e. The summed E-state index contributed by atoms with van der Waals surface area (Å²) in [7, 11) is -3.42. The maximum atomic E-state index is 12.2. The van der Waals surface area contributed by atoms with Crippen LogP contribution in [0.2, 0.25) is 0 Å². The lowest BCUT2D eigenvalue weighted by molar-refractivity contribution is -0.160. The van der Waals surface area contributed by atoms with Gasteiger partial charge in [0.25, 0.3) is 0 Å². The van der Waals surface area contributed by atoms with Crippen LogP contribution in [0.4, 0.5) is 5.82 Å². The monoisotopic (exact) mass is 381 g/mol. The predicted molar refractivity (Wildman–Crippen MR) is 82.3 cm³/mol. The normalized spacial score (nSPS) is 29.9. The van der Waals surface area contributed by atoms with E-state index in [9.17, 15) is 19.6 Å². The molecule has 0 amide bonds. The van der Waals surface area contributed by atoms with Gasteiger partial charge in [-0.05, 0) is 6.07 Å². The average Bonchev–Trinajstić information content (AvgIpc) is 2.76. The maximum absolute atomic E-state index is 12.2. The van der Waals surface area contributed by atoms with Crippen LogP contribution in [0.15, 0.2) is 17.1 Å². The molecule has 25 heavy (non-hydrogen) atoms. The van der Waals surface area contributed by atoms with Crippen LogP contribution in [0.3, 0.4) is 0 Å². The summed E-state index contributed by atoms with van der Waals surface area (Å²) >= 11 is 0. The van der Waals surface area contributed by atoms with Crippen molar-refractivity contribution < 1.29 is 38.6 Å². The van der Waals surface area contributed by atoms with E-state index in [0.29, 0.717) is 0 Å². The molecule has 12 nitrogen and oxygen atoms in total. The Hall–Kier alpha value is -1.37. The second kappa shape index (κ2) is 7.48. The number of aliphatic hydroxyl groups excluding tert-OH is 2. The van der Waals surface area contributed by atoms with Gasteiger partial charge in [0.1, 0.15) is 24.1 Å². The van der Waals surface area contributed by atoms with Gasteiger partial charge in [0.15, 0.2) is 5.72 Å². The van der Waals surface area contributed by atoms with Crippen LogP contribution < -0.4 is 11.4 Å². The van der Waals surface area contributed by atoms with Gasteiger partial charge >= 0.3 is 13.5 Å². The summed E-state index contributed by atoms with van der Waals surface area (Å²) in [5.41, 5.74) is 2.84. The van der Waals surface area contributed by atoms with Crippen molar-refractivity contribution in [1.82, 2.24) is 9.55 Å². The third-order valence-corrected chi connectivity index (χ3v) is 4.31. The van der Waals surface area contributed by atoms with Crippen molar-refractivity contribution in [2.24, 2.45) is 0 Å². The molecule has 6 N–H and O–H groups in total. The number of anilines is 1. The van der Waals surface area contributed by atoms with E-state index < -0.39 is 44.2 Å². The van der Waals surface area contributed by atoms with Gasteiger partial charge in [-0.3, -0.25) is 9.09 Å². The highest BCUT2D eigenvalue weighted by molar-refractivity contribution is 7.46. The minimum atomic E-state index is -4.81. The molecule has 0 aromatic carbocycles. The van der Waals surface area contributed by atoms with E-state index in [2.05, 4.69) is 9.51 Å². The zero-order valence-corrected chi connectivity index (χ0v) is 14.2. The van der Waals surface area contributed by atoms with Crippen molar-refractivity contribution in [3.8, 4) is 0 Å². The summed E-state index contributed by atoms with van der Waals surface area (Å²) < 4.78 is 26.7. The van der Waals surface area contributed by atoms with Crippen LogP contribution in [0, 0.1) is 0 Å². The van der Waals surface area contributed by atoms with Crippen molar-refractivity contribution in [3.63, 3.8) is 0 Å². The molecule has 0 spiro atoms. The first-order chi connectivity index (χ1) is 11.6. The number of hydrogen-bond donors (Lipinski definition) is 5. The number of nitrogen functional groups attached to an aromatic ring is 1. The lowest BCUT2D eigenvalue weighted by atomic mass is 9.99. The SMILES string of the molecule is COCC[C@@]1(n2ccc(N)nc2=O)O[C@H](COP(=O)(O)O)[C@@H](O)[C@H]1O. The first kappa shape index (κ1) is 19.9. The van der Waals surface area contributed by atoms with Crippen LogP contribution in [0.5, 0.6) is 0 Å². The third kappa shape index (κ3) is 4.25. The van der Waals surface area contributed by atoms with Crippen LogP contribution in [-0.2, 0) is 24.3 Å². The Kier molecular flexibility index (Phi) is 5.97. The first-order valence-corrected chi connectivity index (χ1v) is 8.72. The highest BCUT2D eigenvalue weighted by Crippen LogP contribution is 2.41. The molecule has 1 saturated heterocycles. The van der Waals surface area contributed by atoms with E-state index in [1.165, 1.54) is 19.4 Å². The second-order valence-electron chi connectivity index (χ2n) is 5.47. The van der Waals surface area contributed by atoms with Crippen molar-refractivity contribution in [2.45, 2.75) is 30.5 Å². The molecule has 0 unspecified atom stereocenters. The summed E-state index contributed by atoms with van der Waals surface area (Å²) in [5.74, 6) is -0.0439. The molecule has 4 atom stereocenters. The quantitative estimate of drug-likeness (QED) is 0.321. The minimum absolute atomic E-state index is 0.0439. The van der Waals surface area contributed by atoms with Crippen LogP contribution in [0.1, 0.15) is 6.42 Å². The Bertz CT molecular complexity index is 707. The number of nitrogens with two attached hydrogens (primary N) is 1. The summed E-state index contributed by atoms with van der Waals surface area (Å²) in [6, 6.07) is 1.30. The number of phosphoric acid groups is 1. The molecule has 0 saturated carbocycles. The molecular formula is C12H20N3O9P. The van der Waals surface area contributed by atoms with Crippen LogP contribution in [-0.4, -0.2) is 68.2 Å². The first-order valence-electron chi connectivity index (χ1n) is 7.19. The fraction of sp³-hybridized carbons (Fsp3) is 0.667. The fourth-order valence-electron chi connectivity index (χ4n) is 2.65. The zero-order chi connectivity index (χ0) is 18.8. The number of phosphoric ester groups is 1. The van der Waals surface area contributed by atoms with Gasteiger partial charge in [-0.25, -0.2) is 9.36 Å². The Balaban J connectivity index is 2.39. The number of aliphatic hydroxyl groups is 2. The van der Waals surface area contributed by atoms with Gasteiger partial charge in [0.05, 0.1) is 13.2 Å². The molecule has 0 aliphatic carbocycles. The van der Waals surface area contributed by atoms with E-state index in [1.807, 2.05) is 0 Å². The predicted octanol–water partition coefficient (Wildman–Crippen LogP) is -2.26. The topological polar surface area (TPSA) is 187 Å². The molecule has 2 rings (SSSR count). The highest BCUT2D eigenvalue weighted by Gasteiger charge is 2.56. The molecule has 0 bridgehead atoms. The standard InChI is InChI=1S/C12H20N3O9P/c1-22-5-3-12(15-4-2-8(13)14-11(15)18)10(17)9(16)7(24-12)6-23-25(19,20)21/h2,4,7,9-10,16-17H,3,5-6H2,1H3,(H2,13,14,18)(H2,19,20,21)/t7-,9-,10-,12-/m1/s1. The molecule has 142 valence electrons. The Morgan fingerprint density at radius 1 is 1.48 bits per heavy atom. The van der Waals surface area contributed by atoms with Gasteiger partial charge in [0, 0.05) is 19.7 Å². The Labute approximate surface area is 142 Å². The average molecular weight is 381 g/mol. The molecule has 1 aliphatic rings. The van der Waals surface area contributed by atoms with E-state index in [4.69, 9.17) is 25.0 Å². The van der Waals surface area contributed by atoms with Gasteiger partial charge < -0.3 is 35.2 Å². The Morgan fingerprint density at radius 3 is 2.72 bits per heavy atom. The lowest BCUT2D eigenvalue weighted by Crippen LogP contribution is -2.51. The molecule has 1 aromatic rings. The van der Waals surface area contributed by atoms with E-state index >= 15 is 0 Å². The molecule has 2 heterocycles. The van der Waals surface area contributed by atoms with Gasteiger partial charge in [0.2, 0.25) is 0 Å². The Morgan fingerprint density at radius 2 is 2.16 bits per heavy atom. The van der Waals surface area contributed by atoms with Gasteiger partial charge in [-0.1, -0.05) is 0 Å².